The van der Waals surface area contributed by atoms with Crippen LogP contribution in [0.25, 0.3) is 10.1 Å². The summed E-state index contributed by atoms with van der Waals surface area (Å²) in [7, 11) is 0. The minimum absolute atomic E-state index is 0.118. The van der Waals surface area contributed by atoms with Crippen LogP contribution in [0.3, 0.4) is 0 Å². The van der Waals surface area contributed by atoms with Crippen molar-refractivity contribution in [3.05, 3.63) is 34.7 Å². The summed E-state index contributed by atoms with van der Waals surface area (Å²) in [6, 6.07) is 8.45. The predicted molar refractivity (Wildman–Crippen MR) is 105 cm³/mol. The molecule has 2 amide bonds. The molecule has 1 N–H and O–H groups in total. The average molecular weight is 372 g/mol. The van der Waals surface area contributed by atoms with Gasteiger partial charge < -0.3 is 10.2 Å². The summed E-state index contributed by atoms with van der Waals surface area (Å²) in [6.07, 6.45) is 2.21. The summed E-state index contributed by atoms with van der Waals surface area (Å²) in [6.45, 7) is 6.84. The maximum Gasteiger partial charge on any atom is 0.264 e. The number of hydrogen-bond donors (Lipinski definition) is 1. The molecule has 2 aliphatic rings. The van der Waals surface area contributed by atoms with Gasteiger partial charge in [0.2, 0.25) is 5.91 Å². The van der Waals surface area contributed by atoms with E-state index in [9.17, 15) is 9.59 Å². The second-order valence-electron chi connectivity index (χ2n) is 7.34. The van der Waals surface area contributed by atoms with Gasteiger partial charge in [0.1, 0.15) is 0 Å². The first-order chi connectivity index (χ1) is 12.5. The zero-order valence-corrected chi connectivity index (χ0v) is 16.1. The first-order valence-electron chi connectivity index (χ1n) is 9.36. The predicted octanol–water partition coefficient (Wildman–Crippen LogP) is 2.63. The number of rotatable bonds is 4. The number of nitrogens with zero attached hydrogens (tertiary/aromatic N) is 2. The first kappa shape index (κ1) is 17.5. The summed E-state index contributed by atoms with van der Waals surface area (Å²) < 4.78 is 1.16. The van der Waals surface area contributed by atoms with Crippen LogP contribution in [0.5, 0.6) is 0 Å². The molecule has 1 saturated heterocycles. The van der Waals surface area contributed by atoms with Crippen LogP contribution in [0, 0.1) is 6.92 Å². The number of amides is 2. The lowest BCUT2D eigenvalue weighted by Gasteiger charge is -2.37. The van der Waals surface area contributed by atoms with E-state index >= 15 is 0 Å². The van der Waals surface area contributed by atoms with Crippen molar-refractivity contribution in [1.82, 2.24) is 15.1 Å². The summed E-state index contributed by atoms with van der Waals surface area (Å²) in [5, 5.41) is 4.24. The molecule has 138 valence electrons. The molecule has 1 atom stereocenters. The van der Waals surface area contributed by atoms with Crippen LogP contribution in [0.15, 0.2) is 24.3 Å². The van der Waals surface area contributed by atoms with Gasteiger partial charge in [-0.25, -0.2) is 0 Å². The zero-order chi connectivity index (χ0) is 18.3. The first-order valence-corrected chi connectivity index (χ1v) is 10.2. The van der Waals surface area contributed by atoms with Gasteiger partial charge in [0.15, 0.2) is 0 Å². The quantitative estimate of drug-likeness (QED) is 0.899. The van der Waals surface area contributed by atoms with Gasteiger partial charge in [-0.05, 0) is 43.7 Å². The van der Waals surface area contributed by atoms with E-state index in [1.807, 2.05) is 30.9 Å². The molecular weight excluding hydrogens is 346 g/mol. The number of fused-ring (bicyclic) bond motifs is 1. The Labute approximate surface area is 158 Å². The number of carbonyl (C=O) groups is 2. The van der Waals surface area contributed by atoms with Crippen LogP contribution in [0.1, 0.15) is 35.0 Å². The van der Waals surface area contributed by atoms with Gasteiger partial charge in [0.25, 0.3) is 5.91 Å². The highest BCUT2D eigenvalue weighted by Crippen LogP contribution is 2.31. The highest BCUT2D eigenvalue weighted by atomic mass is 32.1. The topological polar surface area (TPSA) is 52.7 Å². The molecule has 26 heavy (non-hydrogen) atoms. The van der Waals surface area contributed by atoms with Crippen molar-refractivity contribution in [2.75, 3.05) is 26.2 Å². The molecule has 0 spiro atoms. The Morgan fingerprint density at radius 2 is 1.85 bits per heavy atom. The van der Waals surface area contributed by atoms with Gasteiger partial charge in [-0.1, -0.05) is 18.2 Å². The molecular formula is C20H25N3O2S. The van der Waals surface area contributed by atoms with E-state index in [4.69, 9.17) is 0 Å². The third-order valence-electron chi connectivity index (χ3n) is 5.49. The molecule has 0 radical (unpaired) electrons. The average Bonchev–Trinajstić information content (AvgIpc) is 3.42. The van der Waals surface area contributed by atoms with Crippen LogP contribution in [-0.2, 0) is 4.79 Å². The smallest absolute Gasteiger partial charge is 0.264 e. The van der Waals surface area contributed by atoms with Crippen LogP contribution >= 0.6 is 11.3 Å². The molecule has 2 heterocycles. The minimum atomic E-state index is -0.126. The second kappa shape index (κ2) is 7.00. The van der Waals surface area contributed by atoms with Gasteiger partial charge in [-0.3, -0.25) is 14.5 Å². The Morgan fingerprint density at radius 1 is 1.15 bits per heavy atom. The van der Waals surface area contributed by atoms with Crippen molar-refractivity contribution in [3.8, 4) is 0 Å². The van der Waals surface area contributed by atoms with Crippen LogP contribution in [0.2, 0.25) is 0 Å². The van der Waals surface area contributed by atoms with Gasteiger partial charge >= 0.3 is 0 Å². The fraction of sp³-hybridized carbons (Fsp3) is 0.500. The van der Waals surface area contributed by atoms with E-state index < -0.39 is 0 Å². The van der Waals surface area contributed by atoms with Crippen molar-refractivity contribution in [3.63, 3.8) is 0 Å². The lowest BCUT2D eigenvalue weighted by molar-refractivity contribution is -0.126. The van der Waals surface area contributed by atoms with Crippen LogP contribution in [0.4, 0.5) is 0 Å². The second-order valence-corrected chi connectivity index (χ2v) is 8.39. The number of thiophene rings is 1. The van der Waals surface area contributed by atoms with Gasteiger partial charge in [0, 0.05) is 36.9 Å². The number of carbonyl (C=O) groups excluding carboxylic acids is 2. The summed E-state index contributed by atoms with van der Waals surface area (Å²) >= 11 is 1.58. The molecule has 1 aromatic heterocycles. The minimum Gasteiger partial charge on any atom is -0.352 e. The fourth-order valence-corrected chi connectivity index (χ4v) is 4.73. The monoisotopic (exact) mass is 371 g/mol. The standard InChI is InChI=1S/C20H25N3O2S/c1-13-16-5-3-4-6-17(16)26-18(13)20(25)23-11-9-22(10-12-23)14(2)19(24)21-15-7-8-15/h3-6,14-15H,7-12H2,1-2H3,(H,21,24). The molecule has 1 saturated carbocycles. The third-order valence-corrected chi connectivity index (χ3v) is 6.75. The SMILES string of the molecule is Cc1c(C(=O)N2CCN(C(C)C(=O)NC3CC3)CC2)sc2ccccc12. The van der Waals surface area contributed by atoms with Crippen molar-refractivity contribution in [1.29, 1.82) is 0 Å². The van der Waals surface area contributed by atoms with Crippen molar-refractivity contribution in [2.45, 2.75) is 38.8 Å². The highest BCUT2D eigenvalue weighted by molar-refractivity contribution is 7.21. The normalized spacial score (nSPS) is 19.5. The number of piperazine rings is 1. The Bertz CT molecular complexity index is 835. The molecule has 5 nitrogen and oxygen atoms in total. The molecule has 2 aromatic rings. The zero-order valence-electron chi connectivity index (χ0n) is 15.3. The molecule has 1 aliphatic carbocycles. The molecule has 1 aliphatic heterocycles. The molecule has 6 heteroatoms. The van der Waals surface area contributed by atoms with E-state index in [-0.39, 0.29) is 17.9 Å². The molecule has 0 bridgehead atoms. The van der Waals surface area contributed by atoms with E-state index in [2.05, 4.69) is 22.3 Å². The largest absolute Gasteiger partial charge is 0.352 e. The lowest BCUT2D eigenvalue weighted by Crippen LogP contribution is -2.55. The Hall–Kier alpha value is -1.92. The Kier molecular flexibility index (Phi) is 4.71. The highest BCUT2D eigenvalue weighted by Gasteiger charge is 2.31. The maximum absolute atomic E-state index is 13.0. The number of aryl methyl sites for hydroxylation is 1. The Morgan fingerprint density at radius 3 is 2.50 bits per heavy atom. The Balaban J connectivity index is 1.39. The maximum atomic E-state index is 13.0. The fourth-order valence-electron chi connectivity index (χ4n) is 3.55. The molecule has 1 aromatic carbocycles. The van der Waals surface area contributed by atoms with E-state index in [0.29, 0.717) is 19.1 Å². The van der Waals surface area contributed by atoms with E-state index in [1.165, 1.54) is 5.39 Å². The lowest BCUT2D eigenvalue weighted by atomic mass is 10.1. The van der Waals surface area contributed by atoms with Crippen LogP contribution < -0.4 is 5.32 Å². The number of benzene rings is 1. The summed E-state index contributed by atoms with van der Waals surface area (Å²) in [5.41, 5.74) is 1.08. The van der Waals surface area contributed by atoms with Gasteiger partial charge in [0.05, 0.1) is 10.9 Å². The van der Waals surface area contributed by atoms with Crippen LogP contribution in [-0.4, -0.2) is 59.9 Å². The van der Waals surface area contributed by atoms with Gasteiger partial charge in [-0.2, -0.15) is 0 Å². The molecule has 1 unspecified atom stereocenters. The number of nitrogens with one attached hydrogen (secondary N) is 1. The van der Waals surface area contributed by atoms with Gasteiger partial charge in [-0.15, -0.1) is 11.3 Å². The molecule has 4 rings (SSSR count). The van der Waals surface area contributed by atoms with Crippen molar-refractivity contribution in [2.24, 2.45) is 0 Å². The van der Waals surface area contributed by atoms with Crippen molar-refractivity contribution < 1.29 is 9.59 Å². The van der Waals surface area contributed by atoms with E-state index in [1.54, 1.807) is 11.3 Å². The summed E-state index contributed by atoms with van der Waals surface area (Å²) in [5.74, 6) is 0.242. The van der Waals surface area contributed by atoms with E-state index in [0.717, 1.165) is 41.1 Å². The third kappa shape index (κ3) is 3.35. The van der Waals surface area contributed by atoms with Crippen molar-refractivity contribution >= 4 is 33.2 Å². The number of hydrogen-bond acceptors (Lipinski definition) is 4. The molecule has 2 fully saturated rings. The summed E-state index contributed by atoms with van der Waals surface area (Å²) in [4.78, 5) is 30.2.